The zero-order chi connectivity index (χ0) is 27.7. The van der Waals surface area contributed by atoms with Crippen LogP contribution in [-0.2, 0) is 24.7 Å². The van der Waals surface area contributed by atoms with E-state index in [1.165, 1.54) is 18.5 Å². The summed E-state index contributed by atoms with van der Waals surface area (Å²) in [5.41, 5.74) is 2.52. The van der Waals surface area contributed by atoms with Crippen molar-refractivity contribution in [3.8, 4) is 17.3 Å². The van der Waals surface area contributed by atoms with Gasteiger partial charge in [-0.3, -0.25) is 14.8 Å². The van der Waals surface area contributed by atoms with Crippen molar-refractivity contribution in [3.05, 3.63) is 105 Å². The van der Waals surface area contributed by atoms with Crippen molar-refractivity contribution in [1.29, 1.82) is 5.26 Å². The minimum atomic E-state index is -0.919. The van der Waals surface area contributed by atoms with Crippen molar-refractivity contribution in [3.63, 3.8) is 0 Å². The number of aliphatic imine (C=N–C) groups is 1. The van der Waals surface area contributed by atoms with Gasteiger partial charge in [0.05, 0.1) is 27.9 Å². The maximum atomic E-state index is 15.7. The average molecular weight is 542 g/mol. The molecular formula is C30H22ClF2N5O. The van der Waals surface area contributed by atoms with Gasteiger partial charge in [0.15, 0.2) is 5.78 Å². The molecule has 194 valence electrons. The summed E-state index contributed by atoms with van der Waals surface area (Å²) in [6.45, 7) is 3.39. The van der Waals surface area contributed by atoms with E-state index in [2.05, 4.69) is 26.0 Å². The Morgan fingerprint density at radius 3 is 2.72 bits per heavy atom. The second kappa shape index (κ2) is 10.4. The number of nitrogens with zero attached hydrogens (tertiary/aromatic N) is 5. The molecule has 1 aliphatic heterocycles. The molecule has 0 unspecified atom stereocenters. The lowest BCUT2D eigenvalue weighted by atomic mass is 9.84. The predicted molar refractivity (Wildman–Crippen MR) is 144 cm³/mol. The van der Waals surface area contributed by atoms with Crippen LogP contribution in [0.4, 0.5) is 14.5 Å². The fourth-order valence-corrected chi connectivity index (χ4v) is 5.05. The Labute approximate surface area is 229 Å². The van der Waals surface area contributed by atoms with Crippen LogP contribution in [-0.4, -0.2) is 26.9 Å². The van der Waals surface area contributed by atoms with Gasteiger partial charge in [-0.05, 0) is 49.2 Å². The standard InChI is InChI=1S/C30H22ClF2N5O/c1-30(2,15-34)21-7-3-5-19(26(21)31)25(39)13-17-8-9-22(32)20(27(17)33)14-24-18(6-4-11-35-24)28-29-23(10-12-36-29)37-16-38-28/h3-9,11-12,16H,10,13-14H2,1-2H3. The first-order valence-electron chi connectivity index (χ1n) is 12.2. The fraction of sp³-hybridized carbons (Fsp3) is 0.200. The number of fused-ring (bicyclic) bond motifs is 1. The summed E-state index contributed by atoms with van der Waals surface area (Å²) < 4.78 is 30.7. The number of Topliss-reactive ketones (excluding diaryl/α,β-unsaturated/α-hetero) is 1. The van der Waals surface area contributed by atoms with Gasteiger partial charge in [0.25, 0.3) is 0 Å². The van der Waals surface area contributed by atoms with Gasteiger partial charge in [-0.15, -0.1) is 0 Å². The number of carbonyl (C=O) groups excluding carboxylic acids is 1. The van der Waals surface area contributed by atoms with E-state index in [-0.39, 0.29) is 34.6 Å². The summed E-state index contributed by atoms with van der Waals surface area (Å²) in [5, 5.41) is 9.64. The first-order valence-corrected chi connectivity index (χ1v) is 12.6. The number of hydrogen-bond acceptors (Lipinski definition) is 6. The fourth-order valence-electron chi connectivity index (χ4n) is 4.59. The Morgan fingerprint density at radius 1 is 1.10 bits per heavy atom. The van der Waals surface area contributed by atoms with Crippen LogP contribution in [0.15, 0.2) is 60.0 Å². The lowest BCUT2D eigenvalue weighted by Gasteiger charge is -2.19. The van der Waals surface area contributed by atoms with Crippen LogP contribution in [0.25, 0.3) is 11.3 Å². The quantitative estimate of drug-likeness (QED) is 0.247. The van der Waals surface area contributed by atoms with Crippen LogP contribution in [0, 0.1) is 23.0 Å². The maximum Gasteiger partial charge on any atom is 0.168 e. The van der Waals surface area contributed by atoms with E-state index in [1.54, 1.807) is 50.5 Å². The number of halogens is 3. The van der Waals surface area contributed by atoms with Gasteiger partial charge in [-0.1, -0.05) is 29.8 Å². The van der Waals surface area contributed by atoms with Gasteiger partial charge in [-0.25, -0.2) is 18.7 Å². The van der Waals surface area contributed by atoms with Crippen LogP contribution in [0.2, 0.25) is 5.02 Å². The van der Waals surface area contributed by atoms with E-state index >= 15 is 4.39 Å². The van der Waals surface area contributed by atoms with Gasteiger partial charge >= 0.3 is 0 Å². The minimum Gasteiger partial charge on any atom is -0.294 e. The molecule has 2 aromatic carbocycles. The molecule has 3 heterocycles. The Morgan fingerprint density at radius 2 is 1.92 bits per heavy atom. The molecule has 0 spiro atoms. The number of pyridine rings is 1. The topological polar surface area (TPSA) is 91.9 Å². The molecule has 1 aliphatic rings. The van der Waals surface area contributed by atoms with Crippen molar-refractivity contribution in [2.75, 3.05) is 0 Å². The molecule has 0 saturated heterocycles. The molecule has 9 heteroatoms. The third kappa shape index (κ3) is 4.93. The number of carbonyl (C=O) groups is 1. The molecule has 6 nitrogen and oxygen atoms in total. The van der Waals surface area contributed by atoms with Crippen molar-refractivity contribution >= 4 is 29.3 Å². The van der Waals surface area contributed by atoms with Crippen LogP contribution in [0.5, 0.6) is 0 Å². The molecular weight excluding hydrogens is 520 g/mol. The lowest BCUT2D eigenvalue weighted by molar-refractivity contribution is 0.0991. The molecule has 0 aliphatic carbocycles. The van der Waals surface area contributed by atoms with E-state index in [9.17, 15) is 14.4 Å². The highest BCUT2D eigenvalue weighted by molar-refractivity contribution is 6.35. The highest BCUT2D eigenvalue weighted by Gasteiger charge is 2.27. The SMILES string of the molecule is CC(C)(C#N)c1cccc(C(=O)Cc2ccc(F)c(Cc3ncccc3-c3ncnc4c3N=CC4)c2F)c1Cl. The Bertz CT molecular complexity index is 1690. The summed E-state index contributed by atoms with van der Waals surface area (Å²) in [5.74, 6) is -2.02. The normalized spacial score (nSPS) is 12.3. The number of nitriles is 1. The zero-order valence-electron chi connectivity index (χ0n) is 21.2. The van der Waals surface area contributed by atoms with E-state index in [0.29, 0.717) is 34.6 Å². The molecule has 0 atom stereocenters. The van der Waals surface area contributed by atoms with E-state index < -0.39 is 22.8 Å². The van der Waals surface area contributed by atoms with Crippen molar-refractivity contribution in [2.24, 2.45) is 4.99 Å². The third-order valence-corrected chi connectivity index (χ3v) is 7.17. The number of benzene rings is 2. The molecule has 0 N–H and O–H groups in total. The number of hydrogen-bond donors (Lipinski definition) is 0. The molecule has 2 aromatic heterocycles. The molecule has 39 heavy (non-hydrogen) atoms. The molecule has 0 saturated carbocycles. The lowest BCUT2D eigenvalue weighted by Crippen LogP contribution is -2.17. The first kappa shape index (κ1) is 26.3. The van der Waals surface area contributed by atoms with Gasteiger partial charge in [-0.2, -0.15) is 5.26 Å². The smallest absolute Gasteiger partial charge is 0.168 e. The van der Waals surface area contributed by atoms with E-state index in [1.807, 2.05) is 0 Å². The van der Waals surface area contributed by atoms with Crippen molar-refractivity contribution < 1.29 is 13.6 Å². The Kier molecular flexibility index (Phi) is 7.02. The Hall–Kier alpha value is -4.35. The van der Waals surface area contributed by atoms with Crippen LogP contribution in [0.3, 0.4) is 0 Å². The molecule has 0 bridgehead atoms. The van der Waals surface area contributed by atoms with Gasteiger partial charge < -0.3 is 0 Å². The first-order chi connectivity index (χ1) is 18.7. The number of rotatable bonds is 7. The summed E-state index contributed by atoms with van der Waals surface area (Å²) in [6.07, 6.45) is 4.81. The van der Waals surface area contributed by atoms with Crippen LogP contribution in [0.1, 0.15) is 52.3 Å². The molecule has 0 amide bonds. The van der Waals surface area contributed by atoms with Crippen molar-refractivity contribution in [2.45, 2.75) is 38.5 Å². The average Bonchev–Trinajstić information content (AvgIpc) is 3.42. The monoisotopic (exact) mass is 541 g/mol. The zero-order valence-corrected chi connectivity index (χ0v) is 21.9. The molecule has 5 rings (SSSR count). The largest absolute Gasteiger partial charge is 0.294 e. The Balaban J connectivity index is 1.48. The minimum absolute atomic E-state index is 0.0300. The van der Waals surface area contributed by atoms with Crippen molar-refractivity contribution in [1.82, 2.24) is 15.0 Å². The summed E-state index contributed by atoms with van der Waals surface area (Å²) in [7, 11) is 0. The second-order valence-corrected chi connectivity index (χ2v) is 10.1. The predicted octanol–water partition coefficient (Wildman–Crippen LogP) is 6.55. The maximum absolute atomic E-state index is 15.7. The van der Waals surface area contributed by atoms with Gasteiger partial charge in [0, 0.05) is 48.4 Å². The van der Waals surface area contributed by atoms with E-state index in [4.69, 9.17) is 11.6 Å². The molecule has 0 fully saturated rings. The summed E-state index contributed by atoms with van der Waals surface area (Å²) in [6, 6.07) is 12.9. The summed E-state index contributed by atoms with van der Waals surface area (Å²) >= 11 is 6.50. The van der Waals surface area contributed by atoms with E-state index in [0.717, 1.165) is 11.8 Å². The highest BCUT2D eigenvalue weighted by Crippen LogP contribution is 2.36. The number of ketones is 1. The van der Waals surface area contributed by atoms with Gasteiger partial charge in [0.2, 0.25) is 0 Å². The van der Waals surface area contributed by atoms with Crippen LogP contribution >= 0.6 is 11.6 Å². The highest BCUT2D eigenvalue weighted by atomic mass is 35.5. The third-order valence-electron chi connectivity index (χ3n) is 6.76. The molecule has 4 aromatic rings. The van der Waals surface area contributed by atoms with Gasteiger partial charge in [0.1, 0.15) is 29.3 Å². The second-order valence-electron chi connectivity index (χ2n) is 9.71. The van der Waals surface area contributed by atoms with Crippen LogP contribution < -0.4 is 0 Å². The summed E-state index contributed by atoms with van der Waals surface area (Å²) in [4.78, 5) is 30.6. The number of aromatic nitrogens is 3. The molecule has 0 radical (unpaired) electrons.